The number of para-hydroxylation sites is 1. The lowest BCUT2D eigenvalue weighted by molar-refractivity contribution is -0.135. The molecule has 0 fully saturated rings. The van der Waals surface area contributed by atoms with E-state index < -0.39 is 18.4 Å². The van der Waals surface area contributed by atoms with Crippen LogP contribution in [-0.4, -0.2) is 23.5 Å². The molecule has 4 nitrogen and oxygen atoms in total. The molecule has 0 aromatic heterocycles. The normalized spacial score (nSPS) is 10.2. The van der Waals surface area contributed by atoms with Crippen LogP contribution in [0.15, 0.2) is 48.5 Å². The van der Waals surface area contributed by atoms with E-state index in [-0.39, 0.29) is 5.56 Å². The van der Waals surface area contributed by atoms with Gasteiger partial charge in [0.1, 0.15) is 6.54 Å². The molecule has 0 aliphatic rings. The summed E-state index contributed by atoms with van der Waals surface area (Å²) in [6, 6.07) is 13.7. The van der Waals surface area contributed by atoms with E-state index in [1.165, 1.54) is 4.90 Å². The number of carbonyl (C=O) groups is 2. The number of aryl methyl sites for hydroxylation is 1. The highest BCUT2D eigenvalue weighted by Gasteiger charge is 2.22. The number of anilines is 1. The predicted octanol–water partition coefficient (Wildman–Crippen LogP) is 3.38. The van der Waals surface area contributed by atoms with E-state index in [0.717, 1.165) is 5.56 Å². The van der Waals surface area contributed by atoms with E-state index in [0.29, 0.717) is 10.7 Å². The third-order valence-corrected chi connectivity index (χ3v) is 3.27. The Hall–Kier alpha value is -2.33. The zero-order valence-corrected chi connectivity index (χ0v) is 12.2. The summed E-state index contributed by atoms with van der Waals surface area (Å²) in [4.78, 5) is 24.8. The van der Waals surface area contributed by atoms with Gasteiger partial charge in [0, 0.05) is 5.69 Å². The summed E-state index contributed by atoms with van der Waals surface area (Å²) < 4.78 is 0. The minimum absolute atomic E-state index is 0.285. The number of benzene rings is 2. The summed E-state index contributed by atoms with van der Waals surface area (Å²) in [6.45, 7) is 1.44. The molecule has 0 atom stereocenters. The number of amides is 1. The summed E-state index contributed by atoms with van der Waals surface area (Å²) in [6.07, 6.45) is 0. The van der Waals surface area contributed by atoms with Crippen LogP contribution in [0.2, 0.25) is 5.02 Å². The van der Waals surface area contributed by atoms with Crippen LogP contribution in [0.4, 0.5) is 5.69 Å². The molecule has 0 heterocycles. The van der Waals surface area contributed by atoms with Crippen molar-refractivity contribution in [1.29, 1.82) is 0 Å². The zero-order chi connectivity index (χ0) is 15.4. The van der Waals surface area contributed by atoms with Gasteiger partial charge in [-0.05, 0) is 36.8 Å². The van der Waals surface area contributed by atoms with Crippen molar-refractivity contribution in [3.8, 4) is 0 Å². The molecule has 21 heavy (non-hydrogen) atoms. The molecule has 2 aromatic rings. The van der Waals surface area contributed by atoms with Crippen LogP contribution in [0.1, 0.15) is 15.9 Å². The van der Waals surface area contributed by atoms with E-state index in [1.807, 2.05) is 6.92 Å². The second-order valence-corrected chi connectivity index (χ2v) is 5.01. The number of hydrogen-bond acceptors (Lipinski definition) is 2. The zero-order valence-electron chi connectivity index (χ0n) is 11.4. The minimum Gasteiger partial charge on any atom is -0.480 e. The van der Waals surface area contributed by atoms with E-state index >= 15 is 0 Å². The van der Waals surface area contributed by atoms with E-state index in [9.17, 15) is 9.59 Å². The van der Waals surface area contributed by atoms with Crippen molar-refractivity contribution in [2.45, 2.75) is 6.92 Å². The topological polar surface area (TPSA) is 57.6 Å². The van der Waals surface area contributed by atoms with Crippen molar-refractivity contribution in [2.75, 3.05) is 11.4 Å². The summed E-state index contributed by atoms with van der Waals surface area (Å²) in [7, 11) is 0. The standard InChI is InChI=1S/C16H14ClNO3/c1-11-7-8-13(14(17)9-11)16(21)18(10-15(19)20)12-5-3-2-4-6-12/h2-9H,10H2,1H3,(H,19,20). The first-order valence-electron chi connectivity index (χ1n) is 6.34. The van der Waals surface area contributed by atoms with Gasteiger partial charge in [0.15, 0.2) is 0 Å². The largest absolute Gasteiger partial charge is 0.480 e. The van der Waals surface area contributed by atoms with Gasteiger partial charge in [0.05, 0.1) is 10.6 Å². The SMILES string of the molecule is Cc1ccc(C(=O)N(CC(=O)O)c2ccccc2)c(Cl)c1. The van der Waals surface area contributed by atoms with Crippen LogP contribution >= 0.6 is 11.6 Å². The average Bonchev–Trinajstić information content (AvgIpc) is 2.45. The van der Waals surface area contributed by atoms with Crippen LogP contribution in [-0.2, 0) is 4.79 Å². The molecule has 0 bridgehead atoms. The van der Waals surface area contributed by atoms with Gasteiger partial charge in [0.25, 0.3) is 5.91 Å². The Kier molecular flexibility index (Phi) is 4.60. The molecule has 2 rings (SSSR count). The van der Waals surface area contributed by atoms with Gasteiger partial charge in [-0.1, -0.05) is 35.9 Å². The molecule has 2 aromatic carbocycles. The molecule has 0 radical (unpaired) electrons. The highest BCUT2D eigenvalue weighted by Crippen LogP contribution is 2.22. The van der Waals surface area contributed by atoms with Gasteiger partial charge in [0.2, 0.25) is 0 Å². The Morgan fingerprint density at radius 2 is 1.81 bits per heavy atom. The Morgan fingerprint density at radius 3 is 2.38 bits per heavy atom. The average molecular weight is 304 g/mol. The maximum absolute atomic E-state index is 12.6. The van der Waals surface area contributed by atoms with Crippen LogP contribution < -0.4 is 4.90 Å². The Morgan fingerprint density at radius 1 is 1.14 bits per heavy atom. The van der Waals surface area contributed by atoms with Crippen molar-refractivity contribution < 1.29 is 14.7 Å². The van der Waals surface area contributed by atoms with E-state index in [2.05, 4.69) is 0 Å². The summed E-state index contributed by atoms with van der Waals surface area (Å²) in [5, 5.41) is 9.34. The number of carboxylic acids is 1. The second-order valence-electron chi connectivity index (χ2n) is 4.60. The van der Waals surface area contributed by atoms with Crippen molar-refractivity contribution in [3.63, 3.8) is 0 Å². The molecule has 108 valence electrons. The fourth-order valence-electron chi connectivity index (χ4n) is 1.96. The van der Waals surface area contributed by atoms with Crippen molar-refractivity contribution >= 4 is 29.2 Å². The molecule has 1 N–H and O–H groups in total. The van der Waals surface area contributed by atoms with Crippen molar-refractivity contribution in [1.82, 2.24) is 0 Å². The van der Waals surface area contributed by atoms with Crippen LogP contribution in [0, 0.1) is 6.92 Å². The number of rotatable bonds is 4. The summed E-state index contributed by atoms with van der Waals surface area (Å²) >= 11 is 6.10. The van der Waals surface area contributed by atoms with Crippen LogP contribution in [0.3, 0.4) is 0 Å². The van der Waals surface area contributed by atoms with E-state index in [4.69, 9.17) is 16.7 Å². The molecule has 0 aliphatic carbocycles. The number of aliphatic carboxylic acids is 1. The van der Waals surface area contributed by atoms with Gasteiger partial charge in [-0.25, -0.2) is 0 Å². The molecule has 0 saturated carbocycles. The maximum atomic E-state index is 12.6. The lowest BCUT2D eigenvalue weighted by Crippen LogP contribution is -2.35. The molecule has 0 aliphatic heterocycles. The molecular weight excluding hydrogens is 290 g/mol. The Labute approximate surface area is 127 Å². The third kappa shape index (κ3) is 3.61. The van der Waals surface area contributed by atoms with Crippen LogP contribution in [0.25, 0.3) is 0 Å². The maximum Gasteiger partial charge on any atom is 0.323 e. The molecule has 0 saturated heterocycles. The van der Waals surface area contributed by atoms with Crippen molar-refractivity contribution in [3.05, 3.63) is 64.7 Å². The lowest BCUT2D eigenvalue weighted by atomic mass is 10.1. The van der Waals surface area contributed by atoms with E-state index in [1.54, 1.807) is 48.5 Å². The number of hydrogen-bond donors (Lipinski definition) is 1. The highest BCUT2D eigenvalue weighted by atomic mass is 35.5. The first-order chi connectivity index (χ1) is 9.99. The smallest absolute Gasteiger partial charge is 0.323 e. The number of nitrogens with zero attached hydrogens (tertiary/aromatic N) is 1. The fourth-order valence-corrected chi connectivity index (χ4v) is 2.28. The lowest BCUT2D eigenvalue weighted by Gasteiger charge is -2.21. The van der Waals surface area contributed by atoms with Gasteiger partial charge >= 0.3 is 5.97 Å². The monoisotopic (exact) mass is 303 g/mol. The highest BCUT2D eigenvalue weighted by molar-refractivity contribution is 6.34. The number of carbonyl (C=O) groups excluding carboxylic acids is 1. The van der Waals surface area contributed by atoms with Gasteiger partial charge in [-0.3, -0.25) is 14.5 Å². The van der Waals surface area contributed by atoms with Gasteiger partial charge in [-0.2, -0.15) is 0 Å². The molecule has 1 amide bonds. The molecular formula is C16H14ClNO3. The van der Waals surface area contributed by atoms with Gasteiger partial charge < -0.3 is 5.11 Å². The molecule has 5 heteroatoms. The number of halogens is 1. The first kappa shape index (κ1) is 15.1. The Balaban J connectivity index is 2.41. The van der Waals surface area contributed by atoms with Crippen molar-refractivity contribution in [2.24, 2.45) is 0 Å². The third-order valence-electron chi connectivity index (χ3n) is 2.96. The summed E-state index contributed by atoms with van der Waals surface area (Å²) in [5.74, 6) is -1.52. The number of carboxylic acid groups (broad SMARTS) is 1. The first-order valence-corrected chi connectivity index (χ1v) is 6.71. The van der Waals surface area contributed by atoms with Crippen LogP contribution in [0.5, 0.6) is 0 Å². The molecule has 0 spiro atoms. The second kappa shape index (κ2) is 6.41. The predicted molar refractivity (Wildman–Crippen MR) is 81.9 cm³/mol. The summed E-state index contributed by atoms with van der Waals surface area (Å²) in [5.41, 5.74) is 1.73. The fraction of sp³-hybridized carbons (Fsp3) is 0.125. The minimum atomic E-state index is -1.09. The Bertz CT molecular complexity index is 670. The van der Waals surface area contributed by atoms with Gasteiger partial charge in [-0.15, -0.1) is 0 Å². The quantitative estimate of drug-likeness (QED) is 0.942. The molecule has 0 unspecified atom stereocenters.